The van der Waals surface area contributed by atoms with Crippen LogP contribution in [0.2, 0.25) is 0 Å². The van der Waals surface area contributed by atoms with E-state index in [1.807, 2.05) is 30.8 Å². The molecule has 0 radical (unpaired) electrons. The normalized spacial score (nSPS) is 17.5. The summed E-state index contributed by atoms with van der Waals surface area (Å²) in [4.78, 5) is 18.7. The molecule has 2 heterocycles. The Labute approximate surface area is 155 Å². The molecule has 1 saturated heterocycles. The largest absolute Gasteiger partial charge is 0.361 e. The minimum absolute atomic E-state index is 0.0534. The molecule has 0 bridgehead atoms. The van der Waals surface area contributed by atoms with Crippen LogP contribution < -0.4 is 5.32 Å². The second-order valence-corrected chi connectivity index (χ2v) is 7.57. The van der Waals surface area contributed by atoms with E-state index >= 15 is 0 Å². The average Bonchev–Trinajstić information content (AvgIpc) is 3.03. The molecule has 1 unspecified atom stereocenters. The Kier molecular flexibility index (Phi) is 5.74. The molecule has 0 spiro atoms. The Hall–Kier alpha value is -2.18. The van der Waals surface area contributed by atoms with Gasteiger partial charge in [-0.15, -0.1) is 0 Å². The van der Waals surface area contributed by atoms with E-state index in [1.165, 1.54) is 5.56 Å². The van der Waals surface area contributed by atoms with Crippen molar-refractivity contribution in [2.75, 3.05) is 26.2 Å². The van der Waals surface area contributed by atoms with Crippen LogP contribution in [-0.2, 0) is 23.1 Å². The first-order valence-electron chi connectivity index (χ1n) is 9.07. The van der Waals surface area contributed by atoms with Gasteiger partial charge < -0.3 is 14.6 Å². The highest BCUT2D eigenvalue weighted by molar-refractivity contribution is 5.77. The van der Waals surface area contributed by atoms with Crippen LogP contribution in [-0.4, -0.2) is 46.6 Å². The lowest BCUT2D eigenvalue weighted by Crippen LogP contribution is -2.58. The SMILES string of the molecule is CC(OCC(=O)NCC1(C)CN(Cc2ccccc2)C1)c1nccn1C. The number of likely N-dealkylation sites (tertiary alicyclic amines) is 1. The van der Waals surface area contributed by atoms with Crippen molar-refractivity contribution in [2.24, 2.45) is 12.5 Å². The molecule has 6 heteroatoms. The third-order valence-corrected chi connectivity index (χ3v) is 4.86. The average molecular weight is 356 g/mol. The number of nitrogens with zero attached hydrogens (tertiary/aromatic N) is 3. The van der Waals surface area contributed by atoms with Crippen LogP contribution in [0.25, 0.3) is 0 Å². The van der Waals surface area contributed by atoms with Crippen LogP contribution in [0.15, 0.2) is 42.7 Å². The van der Waals surface area contributed by atoms with Gasteiger partial charge in [-0.25, -0.2) is 4.98 Å². The highest BCUT2D eigenvalue weighted by atomic mass is 16.5. The molecule has 1 N–H and O–H groups in total. The molecule has 1 atom stereocenters. The Morgan fingerprint density at radius 1 is 1.35 bits per heavy atom. The lowest BCUT2D eigenvalue weighted by molar-refractivity contribution is -0.129. The molecule has 1 aromatic heterocycles. The minimum atomic E-state index is -0.207. The van der Waals surface area contributed by atoms with Gasteiger partial charge in [0, 0.05) is 51.0 Å². The van der Waals surface area contributed by atoms with Crippen molar-refractivity contribution in [1.82, 2.24) is 19.8 Å². The van der Waals surface area contributed by atoms with E-state index in [-0.39, 0.29) is 24.0 Å². The van der Waals surface area contributed by atoms with Crippen molar-refractivity contribution in [3.63, 3.8) is 0 Å². The molecule has 6 nitrogen and oxygen atoms in total. The molecule has 3 rings (SSSR count). The number of nitrogens with one attached hydrogen (secondary N) is 1. The maximum Gasteiger partial charge on any atom is 0.246 e. The summed E-state index contributed by atoms with van der Waals surface area (Å²) in [5.41, 5.74) is 1.46. The molecular formula is C20H28N4O2. The Morgan fingerprint density at radius 2 is 2.08 bits per heavy atom. The summed E-state index contributed by atoms with van der Waals surface area (Å²) in [7, 11) is 1.92. The fraction of sp³-hybridized carbons (Fsp3) is 0.500. The van der Waals surface area contributed by atoms with E-state index in [1.54, 1.807) is 6.20 Å². The summed E-state index contributed by atoms with van der Waals surface area (Å²) >= 11 is 0. The van der Waals surface area contributed by atoms with Gasteiger partial charge in [0.15, 0.2) is 0 Å². The number of hydrogen-bond acceptors (Lipinski definition) is 4. The van der Waals surface area contributed by atoms with E-state index in [0.29, 0.717) is 6.54 Å². The van der Waals surface area contributed by atoms with Gasteiger partial charge in [0.1, 0.15) is 18.5 Å². The number of aryl methyl sites for hydroxylation is 1. The zero-order chi connectivity index (χ0) is 18.6. The van der Waals surface area contributed by atoms with E-state index < -0.39 is 0 Å². The summed E-state index contributed by atoms with van der Waals surface area (Å²) in [6.45, 7) is 7.81. The predicted octanol–water partition coefficient (Wildman–Crippen LogP) is 2.14. The molecular weight excluding hydrogens is 328 g/mol. The molecule has 1 fully saturated rings. The van der Waals surface area contributed by atoms with E-state index in [2.05, 4.69) is 46.4 Å². The fourth-order valence-electron chi connectivity index (χ4n) is 3.51. The van der Waals surface area contributed by atoms with Crippen molar-refractivity contribution in [3.8, 4) is 0 Å². The van der Waals surface area contributed by atoms with Crippen LogP contribution >= 0.6 is 0 Å². The van der Waals surface area contributed by atoms with Crippen molar-refractivity contribution in [3.05, 3.63) is 54.1 Å². The summed E-state index contributed by atoms with van der Waals surface area (Å²) in [6, 6.07) is 10.5. The summed E-state index contributed by atoms with van der Waals surface area (Å²) < 4.78 is 7.54. The first kappa shape index (κ1) is 18.6. The van der Waals surface area contributed by atoms with Gasteiger partial charge in [0.2, 0.25) is 5.91 Å². The predicted molar refractivity (Wildman–Crippen MR) is 100 cm³/mol. The number of ether oxygens (including phenoxy) is 1. The molecule has 0 saturated carbocycles. The Bertz CT molecular complexity index is 722. The molecule has 0 aliphatic carbocycles. The number of benzene rings is 1. The third kappa shape index (κ3) is 4.71. The van der Waals surface area contributed by atoms with E-state index in [9.17, 15) is 4.79 Å². The number of carbonyl (C=O) groups is 1. The minimum Gasteiger partial charge on any atom is -0.361 e. The molecule has 1 aliphatic heterocycles. The molecule has 1 amide bonds. The van der Waals surface area contributed by atoms with Crippen molar-refractivity contribution >= 4 is 5.91 Å². The maximum atomic E-state index is 12.1. The zero-order valence-corrected chi connectivity index (χ0v) is 15.8. The van der Waals surface area contributed by atoms with Crippen LogP contribution in [0.1, 0.15) is 31.3 Å². The van der Waals surface area contributed by atoms with Gasteiger partial charge in [0.05, 0.1) is 0 Å². The number of rotatable bonds is 8. The zero-order valence-electron chi connectivity index (χ0n) is 15.8. The number of hydrogen-bond donors (Lipinski definition) is 1. The van der Waals surface area contributed by atoms with Crippen molar-refractivity contribution in [1.29, 1.82) is 0 Å². The van der Waals surface area contributed by atoms with Crippen LogP contribution in [0.4, 0.5) is 0 Å². The van der Waals surface area contributed by atoms with Crippen molar-refractivity contribution in [2.45, 2.75) is 26.5 Å². The van der Waals surface area contributed by atoms with Crippen LogP contribution in [0.5, 0.6) is 0 Å². The second-order valence-electron chi connectivity index (χ2n) is 7.57. The van der Waals surface area contributed by atoms with E-state index in [0.717, 1.165) is 25.5 Å². The number of amides is 1. The molecule has 26 heavy (non-hydrogen) atoms. The fourth-order valence-corrected chi connectivity index (χ4v) is 3.51. The first-order valence-corrected chi connectivity index (χ1v) is 9.07. The van der Waals surface area contributed by atoms with Gasteiger partial charge in [-0.1, -0.05) is 37.3 Å². The maximum absolute atomic E-state index is 12.1. The highest BCUT2D eigenvalue weighted by Gasteiger charge is 2.38. The topological polar surface area (TPSA) is 59.4 Å². The Balaban J connectivity index is 1.35. The number of carbonyl (C=O) groups excluding carboxylic acids is 1. The molecule has 1 aliphatic rings. The second kappa shape index (κ2) is 8.01. The number of imidazole rings is 1. The monoisotopic (exact) mass is 356 g/mol. The Morgan fingerprint density at radius 3 is 2.73 bits per heavy atom. The van der Waals surface area contributed by atoms with Gasteiger partial charge >= 0.3 is 0 Å². The number of aromatic nitrogens is 2. The first-order chi connectivity index (χ1) is 12.5. The smallest absolute Gasteiger partial charge is 0.246 e. The van der Waals surface area contributed by atoms with Gasteiger partial charge in [-0.2, -0.15) is 0 Å². The molecule has 2 aromatic rings. The van der Waals surface area contributed by atoms with Crippen LogP contribution in [0.3, 0.4) is 0 Å². The summed E-state index contributed by atoms with van der Waals surface area (Å²) in [6.07, 6.45) is 3.39. The van der Waals surface area contributed by atoms with Crippen LogP contribution in [0, 0.1) is 5.41 Å². The van der Waals surface area contributed by atoms with E-state index in [4.69, 9.17) is 4.74 Å². The van der Waals surface area contributed by atoms with Gasteiger partial charge in [0.25, 0.3) is 0 Å². The molecule has 140 valence electrons. The van der Waals surface area contributed by atoms with Crippen molar-refractivity contribution < 1.29 is 9.53 Å². The molecule has 1 aromatic carbocycles. The lowest BCUT2D eigenvalue weighted by Gasteiger charge is -2.48. The quantitative estimate of drug-likeness (QED) is 0.787. The summed E-state index contributed by atoms with van der Waals surface area (Å²) in [5.74, 6) is 0.745. The standard InChI is InChI=1S/C20H28N4O2/c1-16(19-21-9-10-23(19)3)26-12-18(25)22-13-20(2)14-24(15-20)11-17-7-5-4-6-8-17/h4-10,16H,11-15H2,1-3H3,(H,22,25). The highest BCUT2D eigenvalue weighted by Crippen LogP contribution is 2.30. The summed E-state index contributed by atoms with van der Waals surface area (Å²) in [5, 5.41) is 3.01. The lowest BCUT2D eigenvalue weighted by atomic mass is 9.81. The van der Waals surface area contributed by atoms with Gasteiger partial charge in [-0.3, -0.25) is 9.69 Å². The van der Waals surface area contributed by atoms with Gasteiger partial charge in [-0.05, 0) is 12.5 Å². The third-order valence-electron chi connectivity index (χ3n) is 4.86.